The number of hydrogen-bond acceptors (Lipinski definition) is 5. The van der Waals surface area contributed by atoms with E-state index in [2.05, 4.69) is 52.0 Å². The lowest BCUT2D eigenvalue weighted by Crippen LogP contribution is -2.42. The van der Waals surface area contributed by atoms with E-state index >= 15 is 0 Å². The maximum atomic E-state index is 12.9. The molecule has 1 atom stereocenters. The number of hydrogen-bond donors (Lipinski definition) is 1. The summed E-state index contributed by atoms with van der Waals surface area (Å²) in [6.45, 7) is 2.31. The van der Waals surface area contributed by atoms with E-state index in [4.69, 9.17) is 4.98 Å². The van der Waals surface area contributed by atoms with E-state index in [0.717, 1.165) is 41.9 Å². The first kappa shape index (κ1) is 20.4. The van der Waals surface area contributed by atoms with Crippen LogP contribution in [0.15, 0.2) is 72.1 Å². The maximum absolute atomic E-state index is 12.9. The first-order valence-electron chi connectivity index (χ1n) is 10.7. The average Bonchev–Trinajstić information content (AvgIpc) is 3.49. The molecule has 158 valence electrons. The summed E-state index contributed by atoms with van der Waals surface area (Å²) in [7, 11) is 0. The van der Waals surface area contributed by atoms with Crippen LogP contribution in [0.25, 0.3) is 10.2 Å². The Bertz CT molecular complexity index is 1100. The number of amides is 1. The number of carbonyl (C=O) groups excluding carboxylic acids is 1. The molecule has 1 fully saturated rings. The molecule has 1 N–H and O–H groups in total. The molecular formula is C25H25N3OS2. The van der Waals surface area contributed by atoms with E-state index in [-0.39, 0.29) is 11.9 Å². The molecule has 3 heterocycles. The van der Waals surface area contributed by atoms with Crippen molar-refractivity contribution in [3.05, 3.63) is 87.6 Å². The SMILES string of the molecule is O=C(CN1CCC(c2nc3ccccc3s2)CC1)N[C@H](c1ccccc1)c1cccs1. The summed E-state index contributed by atoms with van der Waals surface area (Å²) >= 11 is 3.50. The van der Waals surface area contributed by atoms with E-state index in [0.29, 0.717) is 12.5 Å². The zero-order valence-corrected chi connectivity index (χ0v) is 18.9. The van der Waals surface area contributed by atoms with Crippen LogP contribution in [0.1, 0.15) is 40.2 Å². The number of aromatic nitrogens is 1. The quantitative estimate of drug-likeness (QED) is 0.428. The van der Waals surface area contributed by atoms with Gasteiger partial charge in [0.15, 0.2) is 0 Å². The number of nitrogens with zero attached hydrogens (tertiary/aromatic N) is 2. The van der Waals surface area contributed by atoms with Gasteiger partial charge in [-0.2, -0.15) is 0 Å². The fourth-order valence-electron chi connectivity index (χ4n) is 4.23. The highest BCUT2D eigenvalue weighted by atomic mass is 32.1. The number of thiazole rings is 1. The van der Waals surface area contributed by atoms with Gasteiger partial charge in [-0.05, 0) is 55.1 Å². The number of nitrogens with one attached hydrogen (secondary N) is 1. The molecule has 1 aliphatic heterocycles. The third-order valence-electron chi connectivity index (χ3n) is 5.88. The van der Waals surface area contributed by atoms with Crippen molar-refractivity contribution in [1.82, 2.24) is 15.2 Å². The van der Waals surface area contributed by atoms with E-state index in [1.165, 1.54) is 9.71 Å². The Morgan fingerprint density at radius 3 is 2.55 bits per heavy atom. The van der Waals surface area contributed by atoms with Gasteiger partial charge in [0.05, 0.1) is 27.8 Å². The van der Waals surface area contributed by atoms with Crippen molar-refractivity contribution >= 4 is 38.8 Å². The van der Waals surface area contributed by atoms with Crippen molar-refractivity contribution in [1.29, 1.82) is 0 Å². The van der Waals surface area contributed by atoms with Gasteiger partial charge in [0.25, 0.3) is 0 Å². The Morgan fingerprint density at radius 1 is 1.03 bits per heavy atom. The van der Waals surface area contributed by atoms with Crippen LogP contribution >= 0.6 is 22.7 Å². The van der Waals surface area contributed by atoms with Crippen LogP contribution in [0.2, 0.25) is 0 Å². The molecule has 5 rings (SSSR count). The van der Waals surface area contributed by atoms with Crippen LogP contribution in [0.3, 0.4) is 0 Å². The molecule has 2 aromatic carbocycles. The second-order valence-electron chi connectivity index (χ2n) is 8.00. The fourth-order valence-corrected chi connectivity index (χ4v) is 6.17. The Hall–Kier alpha value is -2.54. The van der Waals surface area contributed by atoms with Crippen LogP contribution in [0.4, 0.5) is 0 Å². The van der Waals surface area contributed by atoms with Gasteiger partial charge in [-0.25, -0.2) is 4.98 Å². The molecule has 2 aromatic heterocycles. The summed E-state index contributed by atoms with van der Waals surface area (Å²) in [4.78, 5) is 21.2. The lowest BCUT2D eigenvalue weighted by atomic mass is 9.97. The lowest BCUT2D eigenvalue weighted by molar-refractivity contribution is -0.123. The highest BCUT2D eigenvalue weighted by molar-refractivity contribution is 7.18. The molecule has 31 heavy (non-hydrogen) atoms. The molecule has 0 bridgehead atoms. The minimum absolute atomic E-state index is 0.0840. The van der Waals surface area contributed by atoms with Crippen molar-refractivity contribution in [2.24, 2.45) is 0 Å². The van der Waals surface area contributed by atoms with Gasteiger partial charge in [-0.3, -0.25) is 9.69 Å². The highest BCUT2D eigenvalue weighted by Gasteiger charge is 2.25. The molecule has 1 aliphatic rings. The van der Waals surface area contributed by atoms with Crippen LogP contribution in [0.5, 0.6) is 0 Å². The Labute approximate surface area is 190 Å². The van der Waals surface area contributed by atoms with Crippen molar-refractivity contribution in [2.75, 3.05) is 19.6 Å². The Balaban J connectivity index is 1.19. The molecule has 0 aliphatic carbocycles. The topological polar surface area (TPSA) is 45.2 Å². The van der Waals surface area contributed by atoms with Crippen molar-refractivity contribution in [3.8, 4) is 0 Å². The van der Waals surface area contributed by atoms with E-state index in [9.17, 15) is 4.79 Å². The van der Waals surface area contributed by atoms with Gasteiger partial charge >= 0.3 is 0 Å². The normalized spacial score (nSPS) is 16.4. The largest absolute Gasteiger partial charge is 0.343 e. The van der Waals surface area contributed by atoms with Crippen LogP contribution in [-0.2, 0) is 4.79 Å². The van der Waals surface area contributed by atoms with Gasteiger partial charge in [-0.15, -0.1) is 22.7 Å². The molecule has 0 radical (unpaired) electrons. The standard InChI is InChI=1S/C25H25N3OS2/c29-23(27-24(22-11-6-16-30-22)18-7-2-1-3-8-18)17-28-14-12-19(13-15-28)25-26-20-9-4-5-10-21(20)31-25/h1-11,16,19,24H,12-15,17H2,(H,27,29)/t24-/m1/s1. The zero-order valence-electron chi connectivity index (χ0n) is 17.2. The summed E-state index contributed by atoms with van der Waals surface area (Å²) in [5.41, 5.74) is 2.22. The van der Waals surface area contributed by atoms with E-state index in [1.807, 2.05) is 41.7 Å². The minimum Gasteiger partial charge on any atom is -0.343 e. The van der Waals surface area contributed by atoms with Crippen molar-refractivity contribution in [2.45, 2.75) is 24.8 Å². The monoisotopic (exact) mass is 447 g/mol. The highest BCUT2D eigenvalue weighted by Crippen LogP contribution is 2.33. The minimum atomic E-state index is -0.0889. The maximum Gasteiger partial charge on any atom is 0.234 e. The zero-order chi connectivity index (χ0) is 21.0. The first-order valence-corrected chi connectivity index (χ1v) is 12.4. The van der Waals surface area contributed by atoms with Gasteiger partial charge in [0, 0.05) is 10.8 Å². The molecule has 4 aromatic rings. The van der Waals surface area contributed by atoms with E-state index in [1.54, 1.807) is 11.3 Å². The third-order valence-corrected chi connectivity index (χ3v) is 8.02. The summed E-state index contributed by atoms with van der Waals surface area (Å²) in [5, 5.41) is 6.57. The number of carbonyl (C=O) groups is 1. The average molecular weight is 448 g/mol. The molecular weight excluding hydrogens is 422 g/mol. The van der Waals surface area contributed by atoms with Gasteiger partial charge in [0.2, 0.25) is 5.91 Å². The summed E-state index contributed by atoms with van der Waals surface area (Å²) in [5.74, 6) is 0.584. The van der Waals surface area contributed by atoms with Crippen LogP contribution in [0, 0.1) is 0 Å². The molecule has 0 spiro atoms. The number of rotatable bonds is 6. The predicted octanol–water partition coefficient (Wildman–Crippen LogP) is 5.44. The number of benzene rings is 2. The second-order valence-corrected chi connectivity index (χ2v) is 10.0. The third kappa shape index (κ3) is 4.71. The Kier molecular flexibility index (Phi) is 6.11. The smallest absolute Gasteiger partial charge is 0.234 e. The second kappa shape index (κ2) is 9.30. The number of fused-ring (bicyclic) bond motifs is 1. The predicted molar refractivity (Wildman–Crippen MR) is 129 cm³/mol. The van der Waals surface area contributed by atoms with Gasteiger partial charge in [-0.1, -0.05) is 48.5 Å². The molecule has 0 saturated carbocycles. The molecule has 4 nitrogen and oxygen atoms in total. The molecule has 0 unspecified atom stereocenters. The van der Waals surface area contributed by atoms with Crippen LogP contribution < -0.4 is 5.32 Å². The molecule has 1 amide bonds. The van der Waals surface area contributed by atoms with Crippen molar-refractivity contribution < 1.29 is 4.79 Å². The van der Waals surface area contributed by atoms with Crippen molar-refractivity contribution in [3.63, 3.8) is 0 Å². The summed E-state index contributed by atoms with van der Waals surface area (Å²) < 4.78 is 1.26. The summed E-state index contributed by atoms with van der Waals surface area (Å²) in [6, 6.07) is 22.6. The number of para-hydroxylation sites is 1. The first-order chi connectivity index (χ1) is 15.3. The van der Waals surface area contributed by atoms with E-state index < -0.39 is 0 Å². The van der Waals surface area contributed by atoms with Gasteiger partial charge < -0.3 is 5.32 Å². The summed E-state index contributed by atoms with van der Waals surface area (Å²) in [6.07, 6.45) is 2.11. The molecule has 6 heteroatoms. The van der Waals surface area contributed by atoms with Gasteiger partial charge in [0.1, 0.15) is 0 Å². The number of piperidine rings is 1. The fraction of sp³-hybridized carbons (Fsp3) is 0.280. The van der Waals surface area contributed by atoms with Crippen LogP contribution in [-0.4, -0.2) is 35.4 Å². The lowest BCUT2D eigenvalue weighted by Gasteiger charge is -2.31. The molecule has 1 saturated heterocycles. The number of thiophene rings is 1. The Morgan fingerprint density at radius 2 is 1.81 bits per heavy atom. The number of likely N-dealkylation sites (tertiary alicyclic amines) is 1.